The van der Waals surface area contributed by atoms with Gasteiger partial charge in [0.05, 0.1) is 23.7 Å². The molecular weight excluding hydrogens is 611 g/mol. The second-order valence-corrected chi connectivity index (χ2v) is 11.5. The van der Waals surface area contributed by atoms with Gasteiger partial charge in [-0.2, -0.15) is 9.78 Å². The number of hydrogen-bond donors (Lipinski definition) is 1. The number of hydrogen-bond acceptors (Lipinski definition) is 6. The lowest BCUT2D eigenvalue weighted by atomic mass is 9.96. The van der Waals surface area contributed by atoms with Crippen molar-refractivity contribution in [1.29, 1.82) is 0 Å². The lowest BCUT2D eigenvalue weighted by Crippen LogP contribution is -2.21. The summed E-state index contributed by atoms with van der Waals surface area (Å²) in [6, 6.07) is 22.9. The quantitative estimate of drug-likeness (QED) is 0.155. The van der Waals surface area contributed by atoms with Crippen LogP contribution in [0.4, 0.5) is 5.69 Å². The molecule has 0 saturated heterocycles. The van der Waals surface area contributed by atoms with Crippen molar-refractivity contribution in [2.24, 2.45) is 5.10 Å². The molecule has 1 aromatic heterocycles. The van der Waals surface area contributed by atoms with Crippen molar-refractivity contribution in [3.05, 3.63) is 116 Å². The Kier molecular flexibility index (Phi) is 9.86. The maximum Gasteiger partial charge on any atom is 0.282 e. The Morgan fingerprint density at radius 3 is 2.44 bits per heavy atom. The molecule has 0 aliphatic carbocycles. The average Bonchev–Trinajstić information content (AvgIpc) is 3.01. The highest BCUT2D eigenvalue weighted by Gasteiger charge is 2.19. The van der Waals surface area contributed by atoms with Crippen LogP contribution in [-0.4, -0.2) is 35.0 Å². The van der Waals surface area contributed by atoms with Crippen molar-refractivity contribution in [1.82, 2.24) is 9.66 Å². The summed E-state index contributed by atoms with van der Waals surface area (Å²) in [5.41, 5.74) is 3.92. The first-order valence-electron chi connectivity index (χ1n) is 14.5. The molecule has 0 fully saturated rings. The van der Waals surface area contributed by atoms with E-state index in [2.05, 4.69) is 24.3 Å². The van der Waals surface area contributed by atoms with Crippen LogP contribution < -0.4 is 20.3 Å². The fraction of sp³-hybridized carbons (Fsp3) is 0.200. The van der Waals surface area contributed by atoms with Crippen LogP contribution >= 0.6 is 23.2 Å². The van der Waals surface area contributed by atoms with Crippen LogP contribution in [0, 0.1) is 6.92 Å². The average molecular weight is 644 g/mol. The van der Waals surface area contributed by atoms with Crippen molar-refractivity contribution < 1.29 is 14.3 Å². The third-order valence-corrected chi connectivity index (χ3v) is 7.53. The largest absolute Gasteiger partial charge is 0.494 e. The number of benzene rings is 4. The number of anilines is 1. The van der Waals surface area contributed by atoms with E-state index in [1.54, 1.807) is 60.7 Å². The molecule has 0 atom stereocenters. The Morgan fingerprint density at radius 1 is 0.978 bits per heavy atom. The van der Waals surface area contributed by atoms with E-state index in [0.29, 0.717) is 50.4 Å². The van der Waals surface area contributed by atoms with E-state index in [9.17, 15) is 9.59 Å². The summed E-state index contributed by atoms with van der Waals surface area (Å²) in [4.78, 5) is 31.3. The zero-order valence-electron chi connectivity index (χ0n) is 25.3. The van der Waals surface area contributed by atoms with Gasteiger partial charge >= 0.3 is 0 Å². The summed E-state index contributed by atoms with van der Waals surface area (Å²) < 4.78 is 13.1. The molecule has 0 radical (unpaired) electrons. The molecule has 230 valence electrons. The van der Waals surface area contributed by atoms with Crippen LogP contribution in [-0.2, 0) is 4.79 Å². The van der Waals surface area contributed by atoms with Gasteiger partial charge in [0.2, 0.25) is 0 Å². The molecule has 0 bridgehead atoms. The summed E-state index contributed by atoms with van der Waals surface area (Å²) in [5, 5.41) is 8.80. The van der Waals surface area contributed by atoms with E-state index in [0.717, 1.165) is 22.4 Å². The molecule has 5 rings (SSSR count). The number of nitrogens with zero attached hydrogens (tertiary/aromatic N) is 3. The molecule has 45 heavy (non-hydrogen) atoms. The number of amides is 1. The number of aryl methyl sites for hydroxylation is 1. The van der Waals surface area contributed by atoms with Crippen molar-refractivity contribution in [3.8, 4) is 22.9 Å². The Morgan fingerprint density at radius 2 is 1.71 bits per heavy atom. The van der Waals surface area contributed by atoms with E-state index in [-0.39, 0.29) is 24.0 Å². The summed E-state index contributed by atoms with van der Waals surface area (Å²) in [5.74, 6) is 1.34. The molecule has 0 unspecified atom stereocenters. The fourth-order valence-corrected chi connectivity index (χ4v) is 5.13. The van der Waals surface area contributed by atoms with Gasteiger partial charge < -0.3 is 14.8 Å². The van der Waals surface area contributed by atoms with E-state index in [1.165, 1.54) is 10.9 Å². The normalized spacial score (nSPS) is 11.4. The van der Waals surface area contributed by atoms with Gasteiger partial charge in [0.25, 0.3) is 11.5 Å². The van der Waals surface area contributed by atoms with Gasteiger partial charge in [-0.1, -0.05) is 49.2 Å². The lowest BCUT2D eigenvalue weighted by Gasteiger charge is -2.18. The highest BCUT2D eigenvalue weighted by atomic mass is 35.5. The first kappa shape index (κ1) is 31.8. The second kappa shape index (κ2) is 14.0. The number of nitrogens with one attached hydrogen (secondary N) is 1. The van der Waals surface area contributed by atoms with Crippen LogP contribution in [0.25, 0.3) is 22.3 Å². The molecule has 1 N–H and O–H groups in total. The smallest absolute Gasteiger partial charge is 0.282 e. The van der Waals surface area contributed by atoms with Crippen LogP contribution in [0.3, 0.4) is 0 Å². The molecular formula is C35H32Cl2N4O4. The Labute approximate surface area is 271 Å². The zero-order chi connectivity index (χ0) is 32.1. The number of rotatable bonds is 10. The van der Waals surface area contributed by atoms with E-state index in [4.69, 9.17) is 37.7 Å². The molecule has 4 aromatic carbocycles. The molecule has 0 aliphatic rings. The van der Waals surface area contributed by atoms with Gasteiger partial charge in [0, 0.05) is 26.9 Å². The highest BCUT2D eigenvalue weighted by molar-refractivity contribution is 6.31. The standard InChI is InChI=1S/C35H32Cl2N4O4/c1-5-44-32-16-22(4)29(18-28(32)21(2)3)34-40-30-9-7-6-8-27(30)35(43)41(34)38-19-23-17-25(37)12-15-31(23)45-20-33(42)39-26-13-10-24(36)11-14-26/h6-19,21H,5,20H2,1-4H3,(H,39,42). The summed E-state index contributed by atoms with van der Waals surface area (Å²) in [7, 11) is 0. The van der Waals surface area contributed by atoms with Crippen molar-refractivity contribution in [3.63, 3.8) is 0 Å². The second-order valence-electron chi connectivity index (χ2n) is 10.6. The minimum atomic E-state index is -0.362. The van der Waals surface area contributed by atoms with Gasteiger partial charge in [-0.3, -0.25) is 9.59 Å². The minimum absolute atomic E-state index is 0.165. The molecule has 0 aliphatic heterocycles. The third-order valence-electron chi connectivity index (χ3n) is 7.04. The Balaban J connectivity index is 1.54. The van der Waals surface area contributed by atoms with Crippen molar-refractivity contribution >= 4 is 51.9 Å². The summed E-state index contributed by atoms with van der Waals surface area (Å²) >= 11 is 12.3. The molecule has 8 nitrogen and oxygen atoms in total. The SMILES string of the molecule is CCOc1cc(C)c(-c2nc3ccccc3c(=O)n2N=Cc2cc(Cl)ccc2OCC(=O)Nc2ccc(Cl)cc2)cc1C(C)C. The van der Waals surface area contributed by atoms with E-state index < -0.39 is 0 Å². The number of carbonyl (C=O) groups is 1. The first-order chi connectivity index (χ1) is 21.6. The number of halogens is 2. The third kappa shape index (κ3) is 7.36. The predicted molar refractivity (Wildman–Crippen MR) is 181 cm³/mol. The minimum Gasteiger partial charge on any atom is -0.494 e. The maximum atomic E-state index is 13.9. The number of fused-ring (bicyclic) bond motifs is 1. The lowest BCUT2D eigenvalue weighted by molar-refractivity contribution is -0.118. The molecule has 0 spiro atoms. The number of carbonyl (C=O) groups excluding carboxylic acids is 1. The number of ether oxygens (including phenoxy) is 2. The van der Waals surface area contributed by atoms with Crippen LogP contribution in [0.5, 0.6) is 11.5 Å². The van der Waals surface area contributed by atoms with Crippen LogP contribution in [0.1, 0.15) is 43.4 Å². The van der Waals surface area contributed by atoms with Gasteiger partial charge in [-0.25, -0.2) is 4.98 Å². The number of para-hydroxylation sites is 1. The van der Waals surface area contributed by atoms with E-state index in [1.807, 2.05) is 32.0 Å². The van der Waals surface area contributed by atoms with Gasteiger partial charge in [0.1, 0.15) is 11.5 Å². The number of aromatic nitrogens is 2. The summed E-state index contributed by atoms with van der Waals surface area (Å²) in [6.07, 6.45) is 1.48. The maximum absolute atomic E-state index is 13.9. The van der Waals surface area contributed by atoms with Crippen molar-refractivity contribution in [2.45, 2.75) is 33.6 Å². The first-order valence-corrected chi connectivity index (χ1v) is 15.2. The molecule has 0 saturated carbocycles. The highest BCUT2D eigenvalue weighted by Crippen LogP contribution is 2.34. The molecule has 5 aromatic rings. The molecule has 10 heteroatoms. The Bertz CT molecular complexity index is 1950. The molecule has 1 heterocycles. The van der Waals surface area contributed by atoms with Gasteiger partial charge in [-0.15, -0.1) is 0 Å². The summed E-state index contributed by atoms with van der Waals surface area (Å²) in [6.45, 7) is 8.35. The van der Waals surface area contributed by atoms with Gasteiger partial charge in [-0.05, 0) is 97.6 Å². The monoisotopic (exact) mass is 642 g/mol. The Hall–Kier alpha value is -4.66. The van der Waals surface area contributed by atoms with Gasteiger partial charge in [0.15, 0.2) is 12.4 Å². The fourth-order valence-electron chi connectivity index (χ4n) is 4.82. The zero-order valence-corrected chi connectivity index (χ0v) is 26.8. The van der Waals surface area contributed by atoms with Crippen LogP contribution in [0.15, 0.2) is 88.8 Å². The van der Waals surface area contributed by atoms with Crippen LogP contribution in [0.2, 0.25) is 10.0 Å². The molecule has 1 amide bonds. The van der Waals surface area contributed by atoms with Crippen molar-refractivity contribution in [2.75, 3.05) is 18.5 Å². The van der Waals surface area contributed by atoms with E-state index >= 15 is 0 Å². The topological polar surface area (TPSA) is 94.8 Å². The predicted octanol–water partition coefficient (Wildman–Crippen LogP) is 8.10.